The first-order chi connectivity index (χ1) is 9.39. The Balaban J connectivity index is 2.27. The summed E-state index contributed by atoms with van der Waals surface area (Å²) in [6.45, 7) is 5.95. The fourth-order valence-electron chi connectivity index (χ4n) is 3.47. The van der Waals surface area contributed by atoms with Gasteiger partial charge in [-0.25, -0.2) is 0 Å². The highest BCUT2D eigenvalue weighted by Gasteiger charge is 2.45. The Kier molecular flexibility index (Phi) is 4.56. The average Bonchev–Trinajstić information content (AvgIpc) is 2.78. The molecule has 116 valence electrons. The highest BCUT2D eigenvalue weighted by atomic mass is 16.7. The summed E-state index contributed by atoms with van der Waals surface area (Å²) in [6, 6.07) is 0. The summed E-state index contributed by atoms with van der Waals surface area (Å²) >= 11 is 0. The molecule has 1 aliphatic heterocycles. The molecule has 0 aromatic carbocycles. The third-order valence-corrected chi connectivity index (χ3v) is 4.87. The molecule has 20 heavy (non-hydrogen) atoms. The van der Waals surface area contributed by atoms with Crippen molar-refractivity contribution in [1.29, 1.82) is 0 Å². The summed E-state index contributed by atoms with van der Waals surface area (Å²) < 4.78 is 11.5. The maximum absolute atomic E-state index is 9.69. The van der Waals surface area contributed by atoms with E-state index in [2.05, 4.69) is 0 Å². The molecule has 2 atom stereocenters. The van der Waals surface area contributed by atoms with Gasteiger partial charge in [-0.05, 0) is 39.2 Å². The highest BCUT2D eigenvalue weighted by Crippen LogP contribution is 2.46. The maximum atomic E-state index is 9.69. The van der Waals surface area contributed by atoms with Gasteiger partial charge >= 0.3 is 0 Å². The first-order valence-electron chi connectivity index (χ1n) is 7.23. The van der Waals surface area contributed by atoms with Crippen molar-refractivity contribution in [3.05, 3.63) is 11.1 Å². The Hall–Kier alpha value is -0.460. The van der Waals surface area contributed by atoms with E-state index in [-0.39, 0.29) is 31.8 Å². The number of hydrogen-bond donors (Lipinski definition) is 3. The molecule has 1 fully saturated rings. The number of rotatable bonds is 4. The van der Waals surface area contributed by atoms with Gasteiger partial charge in [-0.1, -0.05) is 5.57 Å². The van der Waals surface area contributed by atoms with E-state index in [4.69, 9.17) is 9.47 Å². The Bertz CT molecular complexity index is 384. The zero-order valence-corrected chi connectivity index (χ0v) is 12.6. The monoisotopic (exact) mass is 286 g/mol. The van der Waals surface area contributed by atoms with Crippen LogP contribution in [0.25, 0.3) is 0 Å². The van der Waals surface area contributed by atoms with Gasteiger partial charge in [-0.15, -0.1) is 0 Å². The van der Waals surface area contributed by atoms with Crippen molar-refractivity contribution in [1.82, 2.24) is 0 Å². The van der Waals surface area contributed by atoms with Crippen molar-refractivity contribution in [3.8, 4) is 0 Å². The van der Waals surface area contributed by atoms with Crippen LogP contribution in [-0.2, 0) is 9.47 Å². The molecule has 0 aromatic rings. The molecule has 1 saturated heterocycles. The molecule has 0 spiro atoms. The Morgan fingerprint density at radius 2 is 1.85 bits per heavy atom. The van der Waals surface area contributed by atoms with E-state index in [9.17, 15) is 15.3 Å². The normalized spacial score (nSPS) is 32.7. The Labute approximate surface area is 120 Å². The molecule has 3 N–H and O–H groups in total. The quantitative estimate of drug-likeness (QED) is 0.667. The molecule has 1 aliphatic carbocycles. The van der Waals surface area contributed by atoms with Crippen LogP contribution in [0.1, 0.15) is 33.6 Å². The molecule has 0 saturated carbocycles. The largest absolute Gasteiger partial charge is 0.396 e. The molecule has 5 heteroatoms. The molecule has 1 heterocycles. The van der Waals surface area contributed by atoms with E-state index in [1.165, 1.54) is 0 Å². The topological polar surface area (TPSA) is 79.2 Å². The lowest BCUT2D eigenvalue weighted by molar-refractivity contribution is -0.135. The highest BCUT2D eigenvalue weighted by molar-refractivity contribution is 5.26. The van der Waals surface area contributed by atoms with Gasteiger partial charge in [-0.3, -0.25) is 0 Å². The molecule has 0 unspecified atom stereocenters. The molecular formula is C15H26O5. The van der Waals surface area contributed by atoms with Crippen LogP contribution in [0.2, 0.25) is 0 Å². The fraction of sp³-hybridized carbons (Fsp3) is 0.867. The van der Waals surface area contributed by atoms with Crippen LogP contribution in [0.4, 0.5) is 0 Å². The zero-order valence-electron chi connectivity index (χ0n) is 12.6. The van der Waals surface area contributed by atoms with Crippen molar-refractivity contribution in [2.45, 2.75) is 45.5 Å². The number of hydrogen-bond acceptors (Lipinski definition) is 5. The van der Waals surface area contributed by atoms with Gasteiger partial charge in [0.2, 0.25) is 0 Å². The van der Waals surface area contributed by atoms with Crippen LogP contribution in [0, 0.1) is 11.3 Å². The Morgan fingerprint density at radius 3 is 2.30 bits per heavy atom. The molecule has 0 aromatic heterocycles. The minimum Gasteiger partial charge on any atom is -0.396 e. The van der Waals surface area contributed by atoms with Crippen LogP contribution >= 0.6 is 0 Å². The summed E-state index contributed by atoms with van der Waals surface area (Å²) in [5.41, 5.74) is 1.54. The lowest BCUT2D eigenvalue weighted by Crippen LogP contribution is -2.44. The predicted molar refractivity (Wildman–Crippen MR) is 74.0 cm³/mol. The molecule has 0 radical (unpaired) electrons. The second-order valence-corrected chi connectivity index (χ2v) is 6.44. The number of aliphatic hydroxyl groups excluding tert-OH is 3. The van der Waals surface area contributed by atoms with E-state index < -0.39 is 11.2 Å². The molecular weight excluding hydrogens is 260 g/mol. The van der Waals surface area contributed by atoms with Crippen molar-refractivity contribution in [3.63, 3.8) is 0 Å². The third kappa shape index (κ3) is 2.65. The van der Waals surface area contributed by atoms with Crippen LogP contribution in [0.5, 0.6) is 0 Å². The fourth-order valence-corrected chi connectivity index (χ4v) is 3.47. The summed E-state index contributed by atoms with van der Waals surface area (Å²) in [4.78, 5) is 0. The van der Waals surface area contributed by atoms with Gasteiger partial charge in [0.05, 0.1) is 26.4 Å². The predicted octanol–water partition coefficient (Wildman–Crippen LogP) is 0.828. The smallest absolute Gasteiger partial charge is 0.163 e. The van der Waals surface area contributed by atoms with Crippen LogP contribution in [0.3, 0.4) is 0 Å². The minimum absolute atomic E-state index is 0.0760. The average molecular weight is 286 g/mol. The molecule has 5 nitrogen and oxygen atoms in total. The van der Waals surface area contributed by atoms with Crippen LogP contribution in [-0.4, -0.2) is 53.6 Å². The molecule has 2 rings (SSSR count). The van der Waals surface area contributed by atoms with Crippen LogP contribution < -0.4 is 0 Å². The number of aliphatic hydroxyl groups is 3. The third-order valence-electron chi connectivity index (χ3n) is 4.87. The molecule has 0 bridgehead atoms. The maximum Gasteiger partial charge on any atom is 0.163 e. The lowest BCUT2D eigenvalue weighted by Gasteiger charge is -2.43. The van der Waals surface area contributed by atoms with Gasteiger partial charge in [0.25, 0.3) is 0 Å². The van der Waals surface area contributed by atoms with Crippen molar-refractivity contribution in [2.75, 3.05) is 26.4 Å². The first kappa shape index (κ1) is 15.9. The SMILES string of the molecule is CC1=C([C@@H]2COC(C)(C)O2)CCC(CO)(CO)[C@H]1CO. The molecule has 2 aliphatic rings. The van der Waals surface area contributed by atoms with E-state index >= 15 is 0 Å². The summed E-state index contributed by atoms with van der Waals surface area (Å²) in [5.74, 6) is -0.802. The zero-order chi connectivity index (χ0) is 15.0. The van der Waals surface area contributed by atoms with Crippen molar-refractivity contribution in [2.24, 2.45) is 11.3 Å². The van der Waals surface area contributed by atoms with Gasteiger partial charge in [0, 0.05) is 11.3 Å². The van der Waals surface area contributed by atoms with E-state index in [0.717, 1.165) is 17.6 Å². The van der Waals surface area contributed by atoms with Crippen LogP contribution in [0.15, 0.2) is 11.1 Å². The van der Waals surface area contributed by atoms with E-state index in [1.54, 1.807) is 0 Å². The van der Waals surface area contributed by atoms with E-state index in [1.807, 2.05) is 20.8 Å². The van der Waals surface area contributed by atoms with Crippen molar-refractivity contribution >= 4 is 0 Å². The second-order valence-electron chi connectivity index (χ2n) is 6.44. The van der Waals surface area contributed by atoms with Gasteiger partial charge < -0.3 is 24.8 Å². The molecule has 0 amide bonds. The minimum atomic E-state index is -0.628. The van der Waals surface area contributed by atoms with Crippen molar-refractivity contribution < 1.29 is 24.8 Å². The lowest BCUT2D eigenvalue weighted by atomic mass is 9.64. The van der Waals surface area contributed by atoms with Gasteiger partial charge in [-0.2, -0.15) is 0 Å². The number of ether oxygens (including phenoxy) is 2. The summed E-state index contributed by atoms with van der Waals surface area (Å²) in [5, 5.41) is 29.0. The summed E-state index contributed by atoms with van der Waals surface area (Å²) in [6.07, 6.45) is 1.32. The van der Waals surface area contributed by atoms with E-state index in [0.29, 0.717) is 13.0 Å². The van der Waals surface area contributed by atoms with Gasteiger partial charge in [0.1, 0.15) is 6.10 Å². The first-order valence-corrected chi connectivity index (χ1v) is 7.23. The second kappa shape index (κ2) is 5.73. The Morgan fingerprint density at radius 1 is 1.20 bits per heavy atom. The standard InChI is InChI=1S/C15H26O5/c1-10-11(13-7-19-14(2,3)20-13)4-5-15(8-17,9-18)12(10)6-16/h12-13,16-18H,4-9H2,1-3H3/t12-,13-/m0/s1. The summed E-state index contributed by atoms with van der Waals surface area (Å²) in [7, 11) is 0. The van der Waals surface area contributed by atoms with Gasteiger partial charge in [0.15, 0.2) is 5.79 Å².